The van der Waals surface area contributed by atoms with Gasteiger partial charge in [0.1, 0.15) is 5.82 Å². The van der Waals surface area contributed by atoms with E-state index in [1.54, 1.807) is 43.3 Å². The Balaban J connectivity index is 2.09. The van der Waals surface area contributed by atoms with Crippen molar-refractivity contribution in [1.82, 2.24) is 0 Å². The van der Waals surface area contributed by atoms with E-state index in [0.717, 1.165) is 0 Å². The molecule has 2 aromatic carbocycles. The van der Waals surface area contributed by atoms with Crippen molar-refractivity contribution in [3.05, 3.63) is 58.9 Å². The van der Waals surface area contributed by atoms with Gasteiger partial charge in [0.15, 0.2) is 0 Å². The van der Waals surface area contributed by atoms with Crippen LogP contribution in [-0.4, -0.2) is 11.8 Å². The van der Waals surface area contributed by atoms with Crippen LogP contribution in [0.4, 0.5) is 15.8 Å². The quantitative estimate of drug-likeness (QED) is 0.868. The fourth-order valence-electron chi connectivity index (χ4n) is 1.96. The maximum Gasteiger partial charge on any atom is 0.228 e. The summed E-state index contributed by atoms with van der Waals surface area (Å²) in [5, 5.41) is 5.65. The van der Waals surface area contributed by atoms with Crippen LogP contribution in [0.25, 0.3) is 0 Å². The lowest BCUT2D eigenvalue weighted by Gasteiger charge is -2.10. The first-order valence-corrected chi connectivity index (χ1v) is 7.50. The number of rotatable bonds is 5. The molecule has 0 unspecified atom stereocenters. The van der Waals surface area contributed by atoms with Crippen molar-refractivity contribution >= 4 is 34.8 Å². The third kappa shape index (κ3) is 4.79. The van der Waals surface area contributed by atoms with E-state index in [0.29, 0.717) is 28.4 Å². The normalized spacial score (nSPS) is 10.2. The fourth-order valence-corrected chi connectivity index (χ4v) is 2.12. The van der Waals surface area contributed by atoms with Crippen molar-refractivity contribution in [1.29, 1.82) is 0 Å². The summed E-state index contributed by atoms with van der Waals surface area (Å²) in [4.78, 5) is 23.5. The third-order valence-electron chi connectivity index (χ3n) is 3.15. The Morgan fingerprint density at radius 1 is 1.09 bits per heavy atom. The van der Waals surface area contributed by atoms with Gasteiger partial charge in [-0.3, -0.25) is 9.59 Å². The van der Waals surface area contributed by atoms with E-state index in [-0.39, 0.29) is 12.3 Å². The predicted octanol–water partition coefficient (Wildman–Crippen LogP) is 4.01. The largest absolute Gasteiger partial charge is 0.326 e. The van der Waals surface area contributed by atoms with E-state index >= 15 is 0 Å². The standard InChI is InChI=1S/C17H16ClFN2O2/c1-2-16(22)20-12-7-8-13(18)15(10-12)21-17(23)9-11-5-3-4-6-14(11)19/h3-8,10H,2,9H2,1H3,(H,20,22)(H,21,23). The molecule has 0 aliphatic rings. The summed E-state index contributed by atoms with van der Waals surface area (Å²) >= 11 is 6.04. The number of carbonyl (C=O) groups excluding carboxylic acids is 2. The molecule has 0 aromatic heterocycles. The third-order valence-corrected chi connectivity index (χ3v) is 3.48. The fraction of sp³-hybridized carbons (Fsp3) is 0.176. The van der Waals surface area contributed by atoms with Gasteiger partial charge in [0.25, 0.3) is 0 Å². The molecule has 6 heteroatoms. The number of anilines is 2. The Morgan fingerprint density at radius 3 is 2.52 bits per heavy atom. The number of hydrogen-bond acceptors (Lipinski definition) is 2. The van der Waals surface area contributed by atoms with Crippen molar-refractivity contribution in [2.24, 2.45) is 0 Å². The maximum atomic E-state index is 13.6. The Bertz CT molecular complexity index is 734. The molecule has 2 amide bonds. The second-order valence-corrected chi connectivity index (χ2v) is 5.32. The minimum Gasteiger partial charge on any atom is -0.326 e. The van der Waals surface area contributed by atoms with Crippen LogP contribution in [-0.2, 0) is 16.0 Å². The van der Waals surface area contributed by atoms with E-state index in [2.05, 4.69) is 10.6 Å². The molecule has 0 radical (unpaired) electrons. The molecular weight excluding hydrogens is 319 g/mol. The molecule has 0 fully saturated rings. The molecule has 2 rings (SSSR count). The van der Waals surface area contributed by atoms with E-state index < -0.39 is 11.7 Å². The lowest BCUT2D eigenvalue weighted by Crippen LogP contribution is -2.16. The van der Waals surface area contributed by atoms with Gasteiger partial charge in [0.2, 0.25) is 11.8 Å². The van der Waals surface area contributed by atoms with Crippen molar-refractivity contribution in [3.63, 3.8) is 0 Å². The highest BCUT2D eigenvalue weighted by Crippen LogP contribution is 2.26. The summed E-state index contributed by atoms with van der Waals surface area (Å²) in [7, 11) is 0. The summed E-state index contributed by atoms with van der Waals surface area (Å²) in [5.41, 5.74) is 1.20. The highest BCUT2D eigenvalue weighted by atomic mass is 35.5. The zero-order chi connectivity index (χ0) is 16.8. The van der Waals surface area contributed by atoms with Gasteiger partial charge >= 0.3 is 0 Å². The minimum atomic E-state index is -0.433. The molecule has 0 bridgehead atoms. The lowest BCUT2D eigenvalue weighted by molar-refractivity contribution is -0.116. The Kier molecular flexibility index (Phi) is 5.71. The summed E-state index contributed by atoms with van der Waals surface area (Å²) in [6.45, 7) is 1.74. The maximum absolute atomic E-state index is 13.6. The van der Waals surface area contributed by atoms with Gasteiger partial charge in [-0.25, -0.2) is 4.39 Å². The molecule has 23 heavy (non-hydrogen) atoms. The molecule has 2 N–H and O–H groups in total. The van der Waals surface area contributed by atoms with Gasteiger partial charge in [0.05, 0.1) is 17.1 Å². The molecule has 0 spiro atoms. The van der Waals surface area contributed by atoms with Gasteiger partial charge in [-0.15, -0.1) is 0 Å². The van der Waals surface area contributed by atoms with Crippen molar-refractivity contribution < 1.29 is 14.0 Å². The highest BCUT2D eigenvalue weighted by Gasteiger charge is 2.11. The first kappa shape index (κ1) is 17.0. The smallest absolute Gasteiger partial charge is 0.228 e. The van der Waals surface area contributed by atoms with E-state index in [4.69, 9.17) is 11.6 Å². The second kappa shape index (κ2) is 7.74. The van der Waals surface area contributed by atoms with E-state index in [9.17, 15) is 14.0 Å². The van der Waals surface area contributed by atoms with Crippen molar-refractivity contribution in [2.75, 3.05) is 10.6 Å². The monoisotopic (exact) mass is 334 g/mol. The first-order valence-electron chi connectivity index (χ1n) is 7.12. The Labute approximate surface area is 138 Å². The van der Waals surface area contributed by atoms with Gasteiger partial charge in [0, 0.05) is 12.1 Å². The molecule has 2 aromatic rings. The number of benzene rings is 2. The van der Waals surface area contributed by atoms with Gasteiger partial charge in [-0.2, -0.15) is 0 Å². The van der Waals surface area contributed by atoms with E-state index in [1.165, 1.54) is 6.07 Å². The summed E-state index contributed by atoms with van der Waals surface area (Å²) < 4.78 is 13.6. The van der Waals surface area contributed by atoms with Crippen LogP contribution >= 0.6 is 11.6 Å². The molecule has 0 atom stereocenters. The van der Waals surface area contributed by atoms with Crippen LogP contribution < -0.4 is 10.6 Å². The second-order valence-electron chi connectivity index (χ2n) is 4.91. The van der Waals surface area contributed by atoms with Crippen LogP contribution in [0.1, 0.15) is 18.9 Å². The molecule has 0 saturated carbocycles. The Hall–Kier alpha value is -2.40. The van der Waals surface area contributed by atoms with Crippen LogP contribution in [0.3, 0.4) is 0 Å². The summed E-state index contributed by atoms with van der Waals surface area (Å²) in [6, 6.07) is 10.9. The number of halogens is 2. The number of hydrogen-bond donors (Lipinski definition) is 2. The van der Waals surface area contributed by atoms with Gasteiger partial charge in [-0.1, -0.05) is 36.7 Å². The zero-order valence-electron chi connectivity index (χ0n) is 12.5. The molecule has 0 aliphatic carbocycles. The molecule has 0 heterocycles. The van der Waals surface area contributed by atoms with Gasteiger partial charge < -0.3 is 10.6 Å². The average molecular weight is 335 g/mol. The highest BCUT2D eigenvalue weighted by molar-refractivity contribution is 6.33. The molecule has 0 saturated heterocycles. The number of carbonyl (C=O) groups is 2. The molecule has 0 aliphatic heterocycles. The Morgan fingerprint density at radius 2 is 1.83 bits per heavy atom. The van der Waals surface area contributed by atoms with Crippen LogP contribution in [0.2, 0.25) is 5.02 Å². The SMILES string of the molecule is CCC(=O)Nc1ccc(Cl)c(NC(=O)Cc2ccccc2F)c1. The summed E-state index contributed by atoms with van der Waals surface area (Å²) in [6.07, 6.45) is 0.242. The molecular formula is C17H16ClFN2O2. The van der Waals surface area contributed by atoms with Crippen LogP contribution in [0, 0.1) is 5.82 Å². The average Bonchev–Trinajstić information content (AvgIpc) is 2.52. The lowest BCUT2D eigenvalue weighted by atomic mass is 10.1. The zero-order valence-corrected chi connectivity index (χ0v) is 13.3. The van der Waals surface area contributed by atoms with Crippen LogP contribution in [0.15, 0.2) is 42.5 Å². The van der Waals surface area contributed by atoms with Crippen molar-refractivity contribution in [2.45, 2.75) is 19.8 Å². The van der Waals surface area contributed by atoms with Crippen molar-refractivity contribution in [3.8, 4) is 0 Å². The van der Waals surface area contributed by atoms with Crippen LogP contribution in [0.5, 0.6) is 0 Å². The van der Waals surface area contributed by atoms with Gasteiger partial charge in [-0.05, 0) is 29.8 Å². The number of nitrogens with one attached hydrogen (secondary N) is 2. The van der Waals surface area contributed by atoms with E-state index in [1.807, 2.05) is 0 Å². The topological polar surface area (TPSA) is 58.2 Å². The first-order chi connectivity index (χ1) is 11.0. The summed E-state index contributed by atoms with van der Waals surface area (Å²) in [5.74, 6) is -0.968. The number of amides is 2. The minimum absolute atomic E-state index is 0.103. The molecule has 120 valence electrons. The predicted molar refractivity (Wildman–Crippen MR) is 89.1 cm³/mol. The molecule has 4 nitrogen and oxygen atoms in total.